The van der Waals surface area contributed by atoms with Gasteiger partial charge in [-0.25, -0.2) is 0 Å². The Bertz CT molecular complexity index is 470. The molecule has 0 radical (unpaired) electrons. The Kier molecular flexibility index (Phi) is 5.76. The second kappa shape index (κ2) is 7.09. The highest BCUT2D eigenvalue weighted by molar-refractivity contribution is 7.80. The number of nitrogens with zero attached hydrogens (tertiary/aromatic N) is 1. The molecule has 3 N–H and O–H groups in total. The van der Waals surface area contributed by atoms with Crippen LogP contribution in [-0.2, 0) is 4.79 Å². The number of nitrogens with one attached hydrogen (secondary N) is 1. The lowest BCUT2D eigenvalue weighted by Crippen LogP contribution is -2.35. The van der Waals surface area contributed by atoms with E-state index in [4.69, 9.17) is 18.0 Å². The molecule has 0 bridgehead atoms. The summed E-state index contributed by atoms with van der Waals surface area (Å²) in [6.07, 6.45) is 0. The van der Waals surface area contributed by atoms with Crippen LogP contribution in [0, 0.1) is 6.92 Å². The number of hydrogen-bond acceptors (Lipinski definition) is 3. The fourth-order valence-electron chi connectivity index (χ4n) is 1.88. The second-order valence-corrected chi connectivity index (χ2v) is 4.77. The molecular formula is C14H21N3OS. The summed E-state index contributed by atoms with van der Waals surface area (Å²) in [4.78, 5) is 14.0. The molecule has 0 aromatic heterocycles. The Morgan fingerprint density at radius 3 is 2.53 bits per heavy atom. The maximum Gasteiger partial charge on any atom is 0.241 e. The van der Waals surface area contributed by atoms with E-state index in [2.05, 4.69) is 5.32 Å². The van der Waals surface area contributed by atoms with Crippen molar-refractivity contribution in [3.8, 4) is 0 Å². The Morgan fingerprint density at radius 2 is 2.00 bits per heavy atom. The van der Waals surface area contributed by atoms with Crippen molar-refractivity contribution >= 4 is 28.8 Å². The number of likely N-dealkylation sites (N-methyl/N-ethyl adjacent to an activating group) is 1. The number of benzene rings is 1. The van der Waals surface area contributed by atoms with Gasteiger partial charge in [-0.15, -0.1) is 0 Å². The zero-order valence-electron chi connectivity index (χ0n) is 11.7. The van der Waals surface area contributed by atoms with Crippen LogP contribution in [0.15, 0.2) is 18.2 Å². The first-order valence-corrected chi connectivity index (χ1v) is 6.82. The maximum atomic E-state index is 11.9. The average molecular weight is 279 g/mol. The lowest BCUT2D eigenvalue weighted by Gasteiger charge is -2.20. The molecule has 0 aliphatic heterocycles. The summed E-state index contributed by atoms with van der Waals surface area (Å²) in [6.45, 7) is 7.59. The van der Waals surface area contributed by atoms with Crippen LogP contribution >= 0.6 is 12.2 Å². The van der Waals surface area contributed by atoms with Crippen LogP contribution < -0.4 is 11.1 Å². The van der Waals surface area contributed by atoms with Crippen LogP contribution in [0.2, 0.25) is 0 Å². The molecule has 19 heavy (non-hydrogen) atoms. The molecule has 0 fully saturated rings. The van der Waals surface area contributed by atoms with Crippen LogP contribution in [0.25, 0.3) is 0 Å². The highest BCUT2D eigenvalue weighted by Gasteiger charge is 2.11. The number of thiocarbonyl (C=S) groups is 1. The third-order valence-corrected chi connectivity index (χ3v) is 3.21. The predicted molar refractivity (Wildman–Crippen MR) is 83.5 cm³/mol. The summed E-state index contributed by atoms with van der Waals surface area (Å²) in [6, 6.07) is 5.79. The van der Waals surface area contributed by atoms with Gasteiger partial charge in [0.15, 0.2) is 0 Å². The largest absolute Gasteiger partial charge is 0.389 e. The van der Waals surface area contributed by atoms with E-state index < -0.39 is 0 Å². The lowest BCUT2D eigenvalue weighted by molar-refractivity contribution is -0.128. The van der Waals surface area contributed by atoms with E-state index in [1.165, 1.54) is 0 Å². The van der Waals surface area contributed by atoms with Crippen molar-refractivity contribution in [1.29, 1.82) is 0 Å². The van der Waals surface area contributed by atoms with Gasteiger partial charge in [0, 0.05) is 24.3 Å². The minimum Gasteiger partial charge on any atom is -0.389 e. The normalized spacial score (nSPS) is 10.1. The van der Waals surface area contributed by atoms with E-state index in [-0.39, 0.29) is 12.5 Å². The zero-order chi connectivity index (χ0) is 14.4. The van der Waals surface area contributed by atoms with E-state index in [1.54, 1.807) is 4.90 Å². The van der Waals surface area contributed by atoms with Crippen LogP contribution in [0.5, 0.6) is 0 Å². The van der Waals surface area contributed by atoms with Crippen molar-refractivity contribution in [2.24, 2.45) is 5.73 Å². The molecule has 0 saturated carbocycles. The number of anilines is 1. The first kappa shape index (κ1) is 15.4. The van der Waals surface area contributed by atoms with Gasteiger partial charge in [-0.1, -0.05) is 23.8 Å². The van der Waals surface area contributed by atoms with Gasteiger partial charge in [0.2, 0.25) is 5.91 Å². The van der Waals surface area contributed by atoms with Crippen molar-refractivity contribution in [3.05, 3.63) is 29.3 Å². The molecule has 0 aliphatic rings. The average Bonchev–Trinajstić information content (AvgIpc) is 2.38. The summed E-state index contributed by atoms with van der Waals surface area (Å²) in [7, 11) is 0. The van der Waals surface area contributed by atoms with Gasteiger partial charge in [0.25, 0.3) is 0 Å². The highest BCUT2D eigenvalue weighted by atomic mass is 32.1. The molecule has 1 rings (SSSR count). The molecule has 1 aromatic rings. The fraction of sp³-hybridized carbons (Fsp3) is 0.429. The number of nitrogens with two attached hydrogens (primary N) is 1. The first-order valence-electron chi connectivity index (χ1n) is 6.41. The first-order chi connectivity index (χ1) is 8.99. The molecule has 0 atom stereocenters. The predicted octanol–water partition coefficient (Wildman–Crippen LogP) is 1.91. The number of aryl methyl sites for hydroxylation is 1. The van der Waals surface area contributed by atoms with Gasteiger partial charge in [-0.05, 0) is 32.9 Å². The second-order valence-electron chi connectivity index (χ2n) is 4.33. The van der Waals surface area contributed by atoms with Crippen LogP contribution in [-0.4, -0.2) is 35.4 Å². The molecular weight excluding hydrogens is 258 g/mol. The number of rotatable bonds is 6. The quantitative estimate of drug-likeness (QED) is 0.781. The maximum absolute atomic E-state index is 11.9. The molecule has 4 nitrogen and oxygen atoms in total. The number of carbonyl (C=O) groups excluding carboxylic acids is 1. The summed E-state index contributed by atoms with van der Waals surface area (Å²) >= 11 is 5.03. The topological polar surface area (TPSA) is 58.4 Å². The molecule has 0 spiro atoms. The third-order valence-electron chi connectivity index (χ3n) is 2.99. The van der Waals surface area contributed by atoms with Gasteiger partial charge in [-0.2, -0.15) is 0 Å². The van der Waals surface area contributed by atoms with E-state index >= 15 is 0 Å². The molecule has 0 heterocycles. The Morgan fingerprint density at radius 1 is 1.37 bits per heavy atom. The van der Waals surface area contributed by atoms with Crippen LogP contribution in [0.4, 0.5) is 5.69 Å². The van der Waals surface area contributed by atoms with Gasteiger partial charge < -0.3 is 16.0 Å². The minimum absolute atomic E-state index is 0.0689. The van der Waals surface area contributed by atoms with Crippen molar-refractivity contribution in [2.45, 2.75) is 20.8 Å². The fourth-order valence-corrected chi connectivity index (χ4v) is 2.04. The molecule has 1 aromatic carbocycles. The summed E-state index contributed by atoms with van der Waals surface area (Å²) in [5.74, 6) is 0.0689. The van der Waals surface area contributed by atoms with Gasteiger partial charge in [0.1, 0.15) is 4.99 Å². The Labute approximate surface area is 120 Å². The summed E-state index contributed by atoms with van der Waals surface area (Å²) in [5, 5.41) is 3.11. The molecule has 5 heteroatoms. The molecule has 104 valence electrons. The van der Waals surface area contributed by atoms with Gasteiger partial charge >= 0.3 is 0 Å². The molecule has 0 saturated heterocycles. The van der Waals surface area contributed by atoms with E-state index in [0.717, 1.165) is 16.8 Å². The van der Waals surface area contributed by atoms with Gasteiger partial charge in [-0.3, -0.25) is 4.79 Å². The smallest absolute Gasteiger partial charge is 0.241 e. The molecule has 1 amide bonds. The van der Waals surface area contributed by atoms with Crippen molar-refractivity contribution in [2.75, 3.05) is 25.0 Å². The summed E-state index contributed by atoms with van der Waals surface area (Å²) < 4.78 is 0. The monoisotopic (exact) mass is 279 g/mol. The number of amides is 1. The highest BCUT2D eigenvalue weighted by Crippen LogP contribution is 2.17. The Hall–Kier alpha value is -1.62. The van der Waals surface area contributed by atoms with Crippen LogP contribution in [0.1, 0.15) is 25.0 Å². The molecule has 0 unspecified atom stereocenters. The minimum atomic E-state index is 0.0689. The van der Waals surface area contributed by atoms with Crippen molar-refractivity contribution in [1.82, 2.24) is 4.90 Å². The van der Waals surface area contributed by atoms with E-state index in [9.17, 15) is 4.79 Å². The number of carbonyl (C=O) groups is 1. The molecule has 0 aliphatic carbocycles. The van der Waals surface area contributed by atoms with Crippen LogP contribution in [0.3, 0.4) is 0 Å². The van der Waals surface area contributed by atoms with E-state index in [1.807, 2.05) is 39.0 Å². The zero-order valence-corrected chi connectivity index (χ0v) is 12.5. The SMILES string of the molecule is CCN(CC)C(=O)CNc1ccc(C)cc1C(N)=S. The Balaban J connectivity index is 2.78. The summed E-state index contributed by atoms with van der Waals surface area (Å²) in [5.41, 5.74) is 8.37. The third kappa shape index (κ3) is 4.21. The van der Waals surface area contributed by atoms with Crippen molar-refractivity contribution < 1.29 is 4.79 Å². The van der Waals surface area contributed by atoms with E-state index in [0.29, 0.717) is 18.1 Å². The number of hydrogen-bond donors (Lipinski definition) is 2. The lowest BCUT2D eigenvalue weighted by atomic mass is 10.1. The standard InChI is InChI=1S/C14H21N3OS/c1-4-17(5-2)13(18)9-16-12-7-6-10(3)8-11(12)14(15)19/h6-8,16H,4-5,9H2,1-3H3,(H2,15,19). The van der Waals surface area contributed by atoms with Gasteiger partial charge in [0.05, 0.1) is 6.54 Å². The van der Waals surface area contributed by atoms with Crippen molar-refractivity contribution in [3.63, 3.8) is 0 Å².